The van der Waals surface area contributed by atoms with Crippen molar-refractivity contribution in [1.29, 1.82) is 0 Å². The molecule has 0 aromatic carbocycles. The molecule has 0 unspecified atom stereocenters. The minimum absolute atomic E-state index is 0.418. The van der Waals surface area contributed by atoms with E-state index in [1.165, 1.54) is 0 Å². The van der Waals surface area contributed by atoms with Crippen LogP contribution in [0.3, 0.4) is 0 Å². The molecule has 0 atom stereocenters. The van der Waals surface area contributed by atoms with Crippen LogP contribution in [-0.4, -0.2) is 35.3 Å². The van der Waals surface area contributed by atoms with Gasteiger partial charge in [-0.15, -0.1) is 0 Å². The zero-order valence-electron chi connectivity index (χ0n) is 12.0. The van der Waals surface area contributed by atoms with Crippen molar-refractivity contribution in [3.63, 3.8) is 0 Å². The summed E-state index contributed by atoms with van der Waals surface area (Å²) in [5.41, 5.74) is 2.84. The van der Waals surface area contributed by atoms with Gasteiger partial charge in [-0.3, -0.25) is 14.5 Å². The van der Waals surface area contributed by atoms with Crippen molar-refractivity contribution in [3.8, 4) is 11.5 Å². The maximum atomic E-state index is 11.0. The number of rotatable bonds is 5. The average molecular weight is 275 g/mol. The van der Waals surface area contributed by atoms with Crippen molar-refractivity contribution in [3.05, 3.63) is 34.9 Å². The molecule has 6 nitrogen and oxygen atoms in total. The van der Waals surface area contributed by atoms with E-state index in [0.29, 0.717) is 35.0 Å². The van der Waals surface area contributed by atoms with E-state index in [1.807, 2.05) is 13.8 Å². The van der Waals surface area contributed by atoms with Crippen molar-refractivity contribution in [2.75, 3.05) is 14.2 Å². The first kappa shape index (κ1) is 14.0. The molecule has 0 saturated carbocycles. The summed E-state index contributed by atoms with van der Waals surface area (Å²) in [6.45, 7) is 4.08. The Morgan fingerprint density at radius 1 is 1.30 bits per heavy atom. The molecule has 2 aromatic rings. The molecular formula is C14H17N3O3. The summed E-state index contributed by atoms with van der Waals surface area (Å²) in [5, 5.41) is 4.36. The zero-order chi connectivity index (χ0) is 14.7. The third-order valence-corrected chi connectivity index (χ3v) is 3.22. The Hall–Kier alpha value is -2.37. The highest BCUT2D eigenvalue weighted by Gasteiger charge is 2.15. The van der Waals surface area contributed by atoms with Crippen LogP contribution in [0.5, 0.6) is 11.5 Å². The predicted octanol–water partition coefficient (Wildman–Crippen LogP) is 1.77. The number of nitrogens with zero attached hydrogens (tertiary/aromatic N) is 3. The van der Waals surface area contributed by atoms with E-state index in [2.05, 4.69) is 10.1 Å². The van der Waals surface area contributed by atoms with Gasteiger partial charge in [0.1, 0.15) is 5.69 Å². The quantitative estimate of drug-likeness (QED) is 0.778. The second-order valence-corrected chi connectivity index (χ2v) is 4.35. The Labute approximate surface area is 117 Å². The van der Waals surface area contributed by atoms with Gasteiger partial charge >= 0.3 is 0 Å². The second kappa shape index (κ2) is 5.73. The second-order valence-electron chi connectivity index (χ2n) is 4.35. The molecule has 20 heavy (non-hydrogen) atoms. The van der Waals surface area contributed by atoms with Gasteiger partial charge in [0.2, 0.25) is 0 Å². The van der Waals surface area contributed by atoms with Gasteiger partial charge in [0.05, 0.1) is 32.0 Å². The number of hydrogen-bond donors (Lipinski definition) is 0. The number of aldehydes is 1. The number of hydrogen-bond acceptors (Lipinski definition) is 5. The van der Waals surface area contributed by atoms with E-state index in [0.717, 1.165) is 12.0 Å². The van der Waals surface area contributed by atoms with Gasteiger partial charge in [-0.05, 0) is 13.8 Å². The topological polar surface area (TPSA) is 66.2 Å². The monoisotopic (exact) mass is 275 g/mol. The summed E-state index contributed by atoms with van der Waals surface area (Å²) in [7, 11) is 3.15. The number of aromatic nitrogens is 3. The van der Waals surface area contributed by atoms with E-state index in [-0.39, 0.29) is 0 Å². The molecule has 0 radical (unpaired) electrons. The Bertz CT molecular complexity index is 635. The fourth-order valence-electron chi connectivity index (χ4n) is 2.14. The number of methoxy groups -OCH3 is 2. The molecule has 6 heteroatoms. The van der Waals surface area contributed by atoms with Crippen molar-refractivity contribution < 1.29 is 14.3 Å². The fourth-order valence-corrected chi connectivity index (χ4v) is 2.14. The molecule has 0 saturated heterocycles. The van der Waals surface area contributed by atoms with Crippen molar-refractivity contribution in [2.24, 2.45) is 0 Å². The normalized spacial score (nSPS) is 10.4. The van der Waals surface area contributed by atoms with E-state index in [4.69, 9.17) is 9.47 Å². The molecule has 0 aliphatic carbocycles. The van der Waals surface area contributed by atoms with Crippen LogP contribution in [0.2, 0.25) is 0 Å². The lowest BCUT2D eigenvalue weighted by atomic mass is 10.2. The number of pyridine rings is 1. The molecule has 0 aliphatic rings. The van der Waals surface area contributed by atoms with Gasteiger partial charge in [0, 0.05) is 18.0 Å². The summed E-state index contributed by atoms with van der Waals surface area (Å²) in [5.74, 6) is 1.20. The maximum Gasteiger partial charge on any atom is 0.184 e. The van der Waals surface area contributed by atoms with Gasteiger partial charge in [0.25, 0.3) is 0 Å². The first-order valence-corrected chi connectivity index (χ1v) is 6.17. The number of aryl methyl sites for hydroxylation is 1. The van der Waals surface area contributed by atoms with E-state index in [1.54, 1.807) is 31.2 Å². The lowest BCUT2D eigenvalue weighted by molar-refractivity contribution is 0.112. The van der Waals surface area contributed by atoms with Gasteiger partial charge in [-0.2, -0.15) is 5.10 Å². The number of carbonyl (C=O) groups excluding carboxylic acids is 1. The molecule has 0 spiro atoms. The first-order valence-electron chi connectivity index (χ1n) is 6.17. The van der Waals surface area contributed by atoms with E-state index in [9.17, 15) is 4.79 Å². The molecule has 0 amide bonds. The van der Waals surface area contributed by atoms with Crippen LogP contribution < -0.4 is 9.47 Å². The van der Waals surface area contributed by atoms with Crippen molar-refractivity contribution >= 4 is 6.29 Å². The van der Waals surface area contributed by atoms with Crippen LogP contribution in [0.25, 0.3) is 0 Å². The molecule has 2 rings (SSSR count). The summed E-state index contributed by atoms with van der Waals surface area (Å²) < 4.78 is 12.3. The minimum atomic E-state index is 0.418. The first-order chi connectivity index (χ1) is 9.62. The summed E-state index contributed by atoms with van der Waals surface area (Å²) >= 11 is 0. The lowest BCUT2D eigenvalue weighted by Gasteiger charge is -2.12. The Morgan fingerprint density at radius 2 is 2.05 bits per heavy atom. The van der Waals surface area contributed by atoms with Crippen molar-refractivity contribution in [1.82, 2.24) is 14.8 Å². The van der Waals surface area contributed by atoms with Gasteiger partial charge in [0.15, 0.2) is 17.8 Å². The SMILES string of the molecule is COc1ccnc(Cn2nc(C)c(C=O)c2C)c1OC. The third kappa shape index (κ3) is 2.36. The van der Waals surface area contributed by atoms with Gasteiger partial charge in [-0.25, -0.2) is 0 Å². The highest BCUT2D eigenvalue weighted by atomic mass is 16.5. The van der Waals surface area contributed by atoms with Crippen LogP contribution in [0.4, 0.5) is 0 Å². The Morgan fingerprint density at radius 3 is 2.60 bits per heavy atom. The Kier molecular flexibility index (Phi) is 4.02. The molecule has 0 fully saturated rings. The fraction of sp³-hybridized carbons (Fsp3) is 0.357. The highest BCUT2D eigenvalue weighted by molar-refractivity contribution is 5.78. The number of carbonyl (C=O) groups is 1. The van der Waals surface area contributed by atoms with Crippen LogP contribution in [0, 0.1) is 13.8 Å². The summed E-state index contributed by atoms with van der Waals surface area (Å²) in [4.78, 5) is 15.3. The van der Waals surface area contributed by atoms with Crippen LogP contribution >= 0.6 is 0 Å². The molecule has 0 aliphatic heterocycles. The van der Waals surface area contributed by atoms with Crippen LogP contribution in [0.15, 0.2) is 12.3 Å². The lowest BCUT2D eigenvalue weighted by Crippen LogP contribution is -2.08. The van der Waals surface area contributed by atoms with Gasteiger partial charge < -0.3 is 9.47 Å². The summed E-state index contributed by atoms with van der Waals surface area (Å²) in [6, 6.07) is 1.74. The summed E-state index contributed by atoms with van der Waals surface area (Å²) in [6.07, 6.45) is 2.48. The minimum Gasteiger partial charge on any atom is -0.493 e. The Balaban J connectivity index is 2.42. The molecule has 106 valence electrons. The predicted molar refractivity (Wildman–Crippen MR) is 73.5 cm³/mol. The van der Waals surface area contributed by atoms with Crippen LogP contribution in [0.1, 0.15) is 27.4 Å². The van der Waals surface area contributed by atoms with E-state index < -0.39 is 0 Å². The molecule has 2 heterocycles. The number of ether oxygens (including phenoxy) is 2. The zero-order valence-corrected chi connectivity index (χ0v) is 12.0. The standard InChI is InChI=1S/C14H17N3O3/c1-9-11(8-18)10(2)17(16-9)7-12-14(20-4)13(19-3)5-6-15-12/h5-6,8H,7H2,1-4H3. The van der Waals surface area contributed by atoms with Gasteiger partial charge in [-0.1, -0.05) is 0 Å². The largest absolute Gasteiger partial charge is 0.493 e. The molecule has 0 bridgehead atoms. The third-order valence-electron chi connectivity index (χ3n) is 3.22. The van der Waals surface area contributed by atoms with E-state index >= 15 is 0 Å². The van der Waals surface area contributed by atoms with Crippen molar-refractivity contribution in [2.45, 2.75) is 20.4 Å². The average Bonchev–Trinajstić information content (AvgIpc) is 2.72. The molecule has 2 aromatic heterocycles. The molecular weight excluding hydrogens is 258 g/mol. The highest BCUT2D eigenvalue weighted by Crippen LogP contribution is 2.29. The maximum absolute atomic E-state index is 11.0. The van der Waals surface area contributed by atoms with Crippen LogP contribution in [-0.2, 0) is 6.54 Å². The molecule has 0 N–H and O–H groups in total. The smallest absolute Gasteiger partial charge is 0.184 e.